The van der Waals surface area contributed by atoms with Crippen LogP contribution in [-0.2, 0) is 0 Å². The molecule has 0 saturated heterocycles. The zero-order valence-electron chi connectivity index (χ0n) is 82.1. The van der Waals surface area contributed by atoms with E-state index in [1.54, 1.807) is 0 Å². The van der Waals surface area contributed by atoms with Gasteiger partial charge in [0.2, 0.25) is 0 Å². The Morgan fingerprint density at radius 3 is 0.500 bits per heavy atom. The predicted octanol–water partition coefficient (Wildman–Crippen LogP) is 38.6. The molecule has 702 valence electrons. The Hall–Kier alpha value is -19.9. The van der Waals surface area contributed by atoms with Crippen LogP contribution in [0.25, 0.3) is 265 Å². The lowest BCUT2D eigenvalue weighted by Crippen LogP contribution is -1.95. The van der Waals surface area contributed by atoms with Crippen molar-refractivity contribution < 1.29 is 0 Å². The molecule has 0 bridgehead atoms. The molecular weight excluding hydrogens is 1810 g/mol. The highest BCUT2D eigenvalue weighted by Crippen LogP contribution is 2.47. The molecule has 0 unspecified atom stereocenters. The monoisotopic (exact) mass is 1910 g/mol. The fourth-order valence-corrected chi connectivity index (χ4v) is 23.2. The third kappa shape index (κ3) is 15.6. The molecule has 24 aromatic carbocycles. The van der Waals surface area contributed by atoms with Crippen LogP contribution in [0.5, 0.6) is 0 Å². The van der Waals surface area contributed by atoms with E-state index in [4.69, 9.17) is 0 Å². The zero-order chi connectivity index (χ0) is 99.1. The molecule has 0 saturated carbocycles. The number of benzene rings is 24. The van der Waals surface area contributed by atoms with Gasteiger partial charge in [-0.05, 0) is 294 Å². The largest absolute Gasteiger partial charge is 0.309 e. The van der Waals surface area contributed by atoms with Crippen LogP contribution in [0.2, 0.25) is 0 Å². The highest BCUT2D eigenvalue weighted by atomic mass is 15.0. The van der Waals surface area contributed by atoms with Gasteiger partial charge in [0.25, 0.3) is 0 Å². The van der Waals surface area contributed by atoms with Crippen LogP contribution >= 0.6 is 0 Å². The van der Waals surface area contributed by atoms with Gasteiger partial charge in [-0.15, -0.1) is 0 Å². The normalized spacial score (nSPS) is 11.6. The topological polar surface area (TPSA) is 29.6 Å². The zero-order valence-corrected chi connectivity index (χ0v) is 82.1. The van der Waals surface area contributed by atoms with Crippen molar-refractivity contribution in [1.29, 1.82) is 0 Å². The first-order valence-corrected chi connectivity index (χ1v) is 51.6. The summed E-state index contributed by atoms with van der Waals surface area (Å²) in [5, 5.41) is 15.0. The van der Waals surface area contributed by atoms with E-state index in [1.165, 1.54) is 248 Å². The molecule has 30 rings (SSSR count). The first-order valence-electron chi connectivity index (χ1n) is 51.6. The molecule has 30 aromatic rings. The molecule has 6 nitrogen and oxygen atoms in total. The molecule has 0 aliphatic carbocycles. The van der Waals surface area contributed by atoms with Crippen molar-refractivity contribution >= 4 is 131 Å². The smallest absolute Gasteiger partial charge is 0.0547 e. The van der Waals surface area contributed by atoms with Crippen LogP contribution < -0.4 is 0 Å². The summed E-state index contributed by atoms with van der Waals surface area (Å²) in [6.07, 6.45) is 0. The Balaban J connectivity index is 0.000000108. The summed E-state index contributed by atoms with van der Waals surface area (Å²) in [5.41, 5.74) is 43.3. The van der Waals surface area contributed by atoms with Gasteiger partial charge >= 0.3 is 0 Å². The van der Waals surface area contributed by atoms with E-state index < -0.39 is 0 Å². The van der Waals surface area contributed by atoms with E-state index in [-0.39, 0.29) is 0 Å². The van der Waals surface area contributed by atoms with Crippen molar-refractivity contribution in [2.24, 2.45) is 0 Å². The fraction of sp³-hybridized carbons (Fsp3) is 0. The van der Waals surface area contributed by atoms with Gasteiger partial charge in [0, 0.05) is 98.8 Å². The maximum atomic E-state index is 2.43. The molecule has 0 aliphatic heterocycles. The van der Waals surface area contributed by atoms with Gasteiger partial charge in [-0.25, -0.2) is 0 Å². The standard InChI is InChI=1S/3C48H32N2/c1-4-13-33(14-5-1)35-17-12-20-40(29-35)50-47-28-25-37(31-44(47)42-26-23-38(32-48(42)50)34-15-6-2-7-16-34)36-24-27-46-43(30-36)41-21-10-11-22-45(41)49(46)39-18-8-3-9-19-39;1-4-13-33(14-5-1)35-17-12-20-40(29-35)50-47-26-23-36(34-15-6-2-7-16-34)30-43(47)44-32-38(25-28-48(44)50)37-24-27-46-42(31-37)41-21-10-11-22-45(41)49(46)39-18-8-3-9-19-39;1-4-12-33(13-5-1)35-20-25-40(26-21-35)50-47-27-22-36(34-14-6-2-7-15-34)30-43(47)44-32-38(24-29-48(44)50)37-23-28-46-42(31-37)41-18-10-11-19-45(41)49(46)39-16-8-3-9-17-39/h3*1-32H. The number of nitrogens with zero attached hydrogens (tertiary/aromatic N) is 6. The highest BCUT2D eigenvalue weighted by molar-refractivity contribution is 6.18. The van der Waals surface area contributed by atoms with Gasteiger partial charge in [-0.3, -0.25) is 0 Å². The minimum absolute atomic E-state index is 1.15. The minimum atomic E-state index is 1.15. The number of aromatic nitrogens is 6. The first kappa shape index (κ1) is 87.8. The lowest BCUT2D eigenvalue weighted by molar-refractivity contribution is 1.18. The van der Waals surface area contributed by atoms with Crippen molar-refractivity contribution in [2.45, 2.75) is 0 Å². The Morgan fingerprint density at radius 2 is 0.227 bits per heavy atom. The second-order valence-electron chi connectivity index (χ2n) is 39.0. The summed E-state index contributed by atoms with van der Waals surface area (Å²) in [5.74, 6) is 0. The summed E-state index contributed by atoms with van der Waals surface area (Å²) < 4.78 is 14.4. The van der Waals surface area contributed by atoms with Crippen molar-refractivity contribution in [2.75, 3.05) is 0 Å². The molecule has 6 heteroatoms. The molecule has 0 amide bonds. The number of hydrogen-bond acceptors (Lipinski definition) is 0. The number of rotatable bonds is 15. The fourth-order valence-electron chi connectivity index (χ4n) is 23.2. The molecule has 0 spiro atoms. The number of fused-ring (bicyclic) bond motifs is 18. The Labute approximate surface area is 868 Å². The Morgan fingerprint density at radius 1 is 0.0733 bits per heavy atom. The van der Waals surface area contributed by atoms with E-state index in [9.17, 15) is 0 Å². The summed E-state index contributed by atoms with van der Waals surface area (Å²) in [6, 6.07) is 211. The average molecular weight is 1910 g/mol. The SMILES string of the molecule is c1ccc(-c2ccc(-n3c4ccc(-c5ccccc5)cc4c4cc(-c5ccc6c(c5)c5ccccc5n6-c5ccccc5)ccc43)cc2)cc1.c1ccc(-c2cccc(-n3c4ccc(-c5ccc6c(c5)c5ccccc5n6-c5ccccc5)cc4c4ccc(-c5ccccc5)cc43)c2)cc1.c1ccc(-c2cccc(-n3c4ccc(-c5ccccc5)cc4c4cc(-c5ccc6c(c5)c5ccccc5n6-c5ccccc5)ccc43)c2)cc1. The molecule has 0 N–H and O–H groups in total. The van der Waals surface area contributed by atoms with E-state index in [2.05, 4.69) is 610 Å². The molecule has 0 atom stereocenters. The lowest BCUT2D eigenvalue weighted by Gasteiger charge is -2.11. The van der Waals surface area contributed by atoms with Gasteiger partial charge in [-0.1, -0.05) is 388 Å². The third-order valence-corrected chi connectivity index (χ3v) is 30.3. The van der Waals surface area contributed by atoms with Gasteiger partial charge in [0.05, 0.1) is 66.2 Å². The predicted molar refractivity (Wildman–Crippen MR) is 634 cm³/mol. The minimum Gasteiger partial charge on any atom is -0.309 e. The van der Waals surface area contributed by atoms with Crippen LogP contribution in [-0.4, -0.2) is 27.4 Å². The van der Waals surface area contributed by atoms with Crippen molar-refractivity contribution in [3.63, 3.8) is 0 Å². The van der Waals surface area contributed by atoms with Crippen molar-refractivity contribution in [3.05, 3.63) is 582 Å². The van der Waals surface area contributed by atoms with Crippen LogP contribution in [0.1, 0.15) is 0 Å². The van der Waals surface area contributed by atoms with Gasteiger partial charge in [0.15, 0.2) is 0 Å². The Bertz CT molecular complexity index is 10400. The van der Waals surface area contributed by atoms with Crippen LogP contribution in [0.15, 0.2) is 582 Å². The summed E-state index contributed by atoms with van der Waals surface area (Å²) in [7, 11) is 0. The van der Waals surface area contributed by atoms with E-state index >= 15 is 0 Å². The molecule has 0 radical (unpaired) electrons. The van der Waals surface area contributed by atoms with Gasteiger partial charge in [-0.2, -0.15) is 0 Å². The van der Waals surface area contributed by atoms with Gasteiger partial charge < -0.3 is 27.4 Å². The van der Waals surface area contributed by atoms with E-state index in [0.29, 0.717) is 0 Å². The van der Waals surface area contributed by atoms with E-state index in [0.717, 1.165) is 17.1 Å². The highest BCUT2D eigenvalue weighted by Gasteiger charge is 2.25. The van der Waals surface area contributed by atoms with Crippen molar-refractivity contribution in [1.82, 2.24) is 27.4 Å². The summed E-state index contributed by atoms with van der Waals surface area (Å²) >= 11 is 0. The van der Waals surface area contributed by atoms with Crippen LogP contribution in [0.3, 0.4) is 0 Å². The maximum Gasteiger partial charge on any atom is 0.0547 e. The number of hydrogen-bond donors (Lipinski definition) is 0. The third-order valence-electron chi connectivity index (χ3n) is 30.3. The quantitative estimate of drug-likeness (QED) is 0.0979. The summed E-state index contributed by atoms with van der Waals surface area (Å²) in [6.45, 7) is 0. The van der Waals surface area contributed by atoms with E-state index in [1.807, 2.05) is 0 Å². The maximum absolute atomic E-state index is 2.43. The lowest BCUT2D eigenvalue weighted by atomic mass is 9.99. The van der Waals surface area contributed by atoms with Crippen molar-refractivity contribution in [3.8, 4) is 134 Å². The summed E-state index contributed by atoms with van der Waals surface area (Å²) in [4.78, 5) is 0. The molecule has 6 aromatic heterocycles. The van der Waals surface area contributed by atoms with Gasteiger partial charge in [0.1, 0.15) is 0 Å². The molecule has 6 heterocycles. The van der Waals surface area contributed by atoms with Crippen LogP contribution in [0, 0.1) is 0 Å². The number of para-hydroxylation sites is 6. The second-order valence-corrected chi connectivity index (χ2v) is 39.0. The molecule has 150 heavy (non-hydrogen) atoms. The molecular formula is C144H96N6. The van der Waals surface area contributed by atoms with Crippen LogP contribution in [0.4, 0.5) is 0 Å². The Kier molecular flexibility index (Phi) is 21.9. The second kappa shape index (κ2) is 37.4. The average Bonchev–Trinajstić information content (AvgIpc) is 1.59. The molecule has 0 aliphatic rings. The first-order chi connectivity index (χ1) is 74.4. The molecule has 0 fully saturated rings.